The third kappa shape index (κ3) is 2.69. The van der Waals surface area contributed by atoms with Crippen molar-refractivity contribution in [2.75, 3.05) is 26.3 Å². The molecule has 0 radical (unpaired) electrons. The molecule has 4 heterocycles. The number of nitrogens with zero attached hydrogens (tertiary/aromatic N) is 6. The number of hydrogen-bond donors (Lipinski definition) is 0. The van der Waals surface area contributed by atoms with Crippen LogP contribution in [0.4, 0.5) is 0 Å². The van der Waals surface area contributed by atoms with E-state index in [1.807, 2.05) is 17.9 Å². The molecular formula is C18H19BrN6O. The molecule has 8 heteroatoms. The molecule has 0 spiro atoms. The van der Waals surface area contributed by atoms with Crippen molar-refractivity contribution < 1.29 is 4.74 Å². The highest BCUT2D eigenvalue weighted by Gasteiger charge is 2.25. The summed E-state index contributed by atoms with van der Waals surface area (Å²) in [6, 6.07) is 6.27. The van der Waals surface area contributed by atoms with Crippen LogP contribution in [0.2, 0.25) is 0 Å². The molecule has 0 bridgehead atoms. The van der Waals surface area contributed by atoms with Crippen LogP contribution in [0.25, 0.3) is 17.1 Å². The van der Waals surface area contributed by atoms with Gasteiger partial charge in [0.25, 0.3) is 0 Å². The second-order valence-corrected chi connectivity index (χ2v) is 7.62. The van der Waals surface area contributed by atoms with Crippen LogP contribution in [-0.4, -0.2) is 55.5 Å². The maximum absolute atomic E-state index is 5.44. The number of hydrogen-bond acceptors (Lipinski definition) is 5. The van der Waals surface area contributed by atoms with Crippen LogP contribution in [0.3, 0.4) is 0 Å². The van der Waals surface area contributed by atoms with Crippen LogP contribution in [0.5, 0.6) is 0 Å². The van der Waals surface area contributed by atoms with E-state index in [4.69, 9.17) is 14.8 Å². The number of halogens is 1. The Morgan fingerprint density at radius 3 is 2.92 bits per heavy atom. The number of aromatic nitrogens is 5. The number of rotatable bonds is 2. The van der Waals surface area contributed by atoms with E-state index < -0.39 is 0 Å². The average molecular weight is 415 g/mol. The first-order chi connectivity index (χ1) is 12.7. The van der Waals surface area contributed by atoms with Crippen molar-refractivity contribution in [1.29, 1.82) is 0 Å². The fourth-order valence-electron chi connectivity index (χ4n) is 3.63. The molecule has 0 unspecified atom stereocenters. The Bertz CT molecular complexity index is 972. The zero-order chi connectivity index (χ0) is 17.7. The lowest BCUT2D eigenvalue weighted by Crippen LogP contribution is -2.36. The first kappa shape index (κ1) is 16.2. The van der Waals surface area contributed by atoms with Crippen LogP contribution in [0, 0.1) is 6.92 Å². The van der Waals surface area contributed by atoms with Gasteiger partial charge in [0.05, 0.1) is 49.7 Å². The van der Waals surface area contributed by atoms with Gasteiger partial charge < -0.3 is 9.30 Å². The summed E-state index contributed by atoms with van der Waals surface area (Å²) in [7, 11) is 0. The minimum Gasteiger partial charge on any atom is -0.379 e. The van der Waals surface area contributed by atoms with Crippen molar-refractivity contribution in [2.24, 2.45) is 0 Å². The summed E-state index contributed by atoms with van der Waals surface area (Å²) < 4.78 is 10.6. The standard InChI is InChI=1S/C18H19BrN6O/c1-12-16-9-25-18(21-17(22-25)10-23-4-6-26-7-5-23)14-8-13(19)2-3-15(14)24(16)11-20-12/h2-3,8,11H,4-7,9-10H2,1H3. The minimum absolute atomic E-state index is 0.670. The maximum atomic E-state index is 5.44. The highest BCUT2D eigenvalue weighted by Crippen LogP contribution is 2.33. The van der Waals surface area contributed by atoms with Gasteiger partial charge in [-0.15, -0.1) is 0 Å². The Labute approximate surface area is 159 Å². The van der Waals surface area contributed by atoms with Crippen LogP contribution in [0.1, 0.15) is 17.2 Å². The van der Waals surface area contributed by atoms with Crippen molar-refractivity contribution in [3.8, 4) is 17.1 Å². The van der Waals surface area contributed by atoms with E-state index in [1.165, 1.54) is 0 Å². The molecule has 1 saturated heterocycles. The molecule has 2 aromatic heterocycles. The summed E-state index contributed by atoms with van der Waals surface area (Å²) in [5.74, 6) is 1.77. The van der Waals surface area contributed by atoms with Gasteiger partial charge in [-0.1, -0.05) is 15.9 Å². The van der Waals surface area contributed by atoms with Crippen LogP contribution in [0.15, 0.2) is 29.0 Å². The van der Waals surface area contributed by atoms with Crippen molar-refractivity contribution in [3.63, 3.8) is 0 Å². The van der Waals surface area contributed by atoms with Crippen molar-refractivity contribution in [2.45, 2.75) is 20.0 Å². The van der Waals surface area contributed by atoms with Crippen LogP contribution in [-0.2, 0) is 17.8 Å². The molecule has 0 saturated carbocycles. The zero-order valence-corrected chi connectivity index (χ0v) is 16.1. The van der Waals surface area contributed by atoms with Gasteiger partial charge in [0.1, 0.15) is 0 Å². The lowest BCUT2D eigenvalue weighted by molar-refractivity contribution is 0.0330. The Kier molecular flexibility index (Phi) is 3.91. The Morgan fingerprint density at radius 2 is 2.08 bits per heavy atom. The summed E-state index contributed by atoms with van der Waals surface area (Å²) in [4.78, 5) is 11.7. The normalized spacial score (nSPS) is 16.7. The van der Waals surface area contributed by atoms with E-state index in [1.54, 1.807) is 0 Å². The molecule has 3 aromatic rings. The number of morpholine rings is 1. The summed E-state index contributed by atoms with van der Waals surface area (Å²) in [6.07, 6.45) is 1.89. The van der Waals surface area contributed by atoms with E-state index in [2.05, 4.69) is 48.6 Å². The summed E-state index contributed by atoms with van der Waals surface area (Å²) in [5.41, 5.74) is 4.33. The lowest BCUT2D eigenvalue weighted by Gasteiger charge is -2.25. The number of imidazole rings is 1. The monoisotopic (exact) mass is 414 g/mol. The molecule has 0 aliphatic carbocycles. The predicted octanol–water partition coefficient (Wildman–Crippen LogP) is 2.40. The van der Waals surface area contributed by atoms with Gasteiger partial charge in [0.15, 0.2) is 11.6 Å². The third-order valence-corrected chi connectivity index (χ3v) is 5.51. The maximum Gasteiger partial charge on any atom is 0.165 e. The molecule has 5 rings (SSSR count). The molecule has 1 fully saturated rings. The molecule has 2 aliphatic heterocycles. The minimum atomic E-state index is 0.670. The highest BCUT2D eigenvalue weighted by molar-refractivity contribution is 9.10. The number of fused-ring (bicyclic) bond motifs is 5. The van der Waals surface area contributed by atoms with Gasteiger partial charge >= 0.3 is 0 Å². The number of ether oxygens (including phenoxy) is 1. The second-order valence-electron chi connectivity index (χ2n) is 6.71. The van der Waals surface area contributed by atoms with Crippen molar-refractivity contribution in [1.82, 2.24) is 29.2 Å². The molecule has 0 atom stereocenters. The van der Waals surface area contributed by atoms with E-state index in [0.717, 1.165) is 71.6 Å². The fourth-order valence-corrected chi connectivity index (χ4v) is 3.99. The smallest absolute Gasteiger partial charge is 0.165 e. The predicted molar refractivity (Wildman–Crippen MR) is 100 cm³/mol. The Morgan fingerprint density at radius 1 is 1.23 bits per heavy atom. The van der Waals surface area contributed by atoms with Crippen LogP contribution < -0.4 is 0 Å². The molecule has 0 N–H and O–H groups in total. The van der Waals surface area contributed by atoms with E-state index in [9.17, 15) is 0 Å². The average Bonchev–Trinajstić information content (AvgIpc) is 3.17. The topological polar surface area (TPSA) is 61.0 Å². The van der Waals surface area contributed by atoms with Crippen LogP contribution >= 0.6 is 15.9 Å². The summed E-state index contributed by atoms with van der Waals surface area (Å²) >= 11 is 3.59. The van der Waals surface area contributed by atoms with Crippen molar-refractivity contribution in [3.05, 3.63) is 46.2 Å². The second kappa shape index (κ2) is 6.29. The third-order valence-electron chi connectivity index (χ3n) is 5.02. The molecule has 1 aromatic carbocycles. The zero-order valence-electron chi connectivity index (χ0n) is 14.5. The van der Waals surface area contributed by atoms with Gasteiger partial charge in [0, 0.05) is 23.1 Å². The number of benzene rings is 1. The quantitative estimate of drug-likeness (QED) is 0.503. The SMILES string of the molecule is Cc1ncn2c1Cn1nc(CN3CCOCC3)nc1-c1cc(Br)ccc1-2. The largest absolute Gasteiger partial charge is 0.379 e. The molecule has 2 aliphatic rings. The van der Waals surface area contributed by atoms with Gasteiger partial charge in [-0.2, -0.15) is 5.10 Å². The Hall–Kier alpha value is -2.03. The first-order valence-electron chi connectivity index (χ1n) is 8.76. The lowest BCUT2D eigenvalue weighted by atomic mass is 10.1. The molecule has 134 valence electrons. The van der Waals surface area contributed by atoms with E-state index in [-0.39, 0.29) is 0 Å². The summed E-state index contributed by atoms with van der Waals surface area (Å²) in [5, 5.41) is 4.82. The summed E-state index contributed by atoms with van der Waals surface area (Å²) in [6.45, 7) is 6.88. The molecular weight excluding hydrogens is 396 g/mol. The van der Waals surface area contributed by atoms with Gasteiger partial charge in [-0.25, -0.2) is 14.6 Å². The molecule has 7 nitrogen and oxygen atoms in total. The van der Waals surface area contributed by atoms with Crippen molar-refractivity contribution >= 4 is 15.9 Å². The fraction of sp³-hybridized carbons (Fsp3) is 0.389. The van der Waals surface area contributed by atoms with Gasteiger partial charge in [-0.05, 0) is 25.1 Å². The highest BCUT2D eigenvalue weighted by atomic mass is 79.9. The molecule has 0 amide bonds. The Balaban J connectivity index is 1.60. The van der Waals surface area contributed by atoms with Gasteiger partial charge in [-0.3, -0.25) is 4.90 Å². The first-order valence-corrected chi connectivity index (χ1v) is 9.55. The molecule has 26 heavy (non-hydrogen) atoms. The number of aryl methyl sites for hydroxylation is 1. The van der Waals surface area contributed by atoms with E-state index in [0.29, 0.717) is 6.54 Å². The van der Waals surface area contributed by atoms with Gasteiger partial charge in [0.2, 0.25) is 0 Å². The van der Waals surface area contributed by atoms with E-state index >= 15 is 0 Å².